The Hall–Kier alpha value is -2.55. The maximum atomic E-state index is 11.7. The largest absolute Gasteiger partial charge is 0.478 e. The van der Waals surface area contributed by atoms with Gasteiger partial charge in [-0.25, -0.2) is 9.59 Å². The van der Waals surface area contributed by atoms with Crippen LogP contribution in [0.15, 0.2) is 38.6 Å². The first-order chi connectivity index (χ1) is 9.97. The number of hydrogen-bond donors (Lipinski definition) is 3. The molecule has 0 bridgehead atoms. The molecule has 0 radical (unpaired) electrons. The second-order valence-corrected chi connectivity index (χ2v) is 5.03. The summed E-state index contributed by atoms with van der Waals surface area (Å²) < 4.78 is 5.93. The van der Waals surface area contributed by atoms with E-state index >= 15 is 0 Å². The number of amides is 1. The molecule has 110 valence electrons. The molecule has 0 saturated heterocycles. The fraction of sp³-hybridized carbons (Fsp3) is 0.167. The molecule has 0 fully saturated rings. The van der Waals surface area contributed by atoms with Crippen molar-refractivity contribution in [2.24, 2.45) is 7.05 Å². The average Bonchev–Trinajstić information content (AvgIpc) is 2.76. The molecule has 1 heterocycles. The van der Waals surface area contributed by atoms with Gasteiger partial charge in [0.05, 0.1) is 11.3 Å². The molecule has 0 unspecified atom stereocenters. The molecule has 8 nitrogen and oxygen atoms in total. The number of benzene rings is 1. The van der Waals surface area contributed by atoms with Crippen molar-refractivity contribution in [1.82, 2.24) is 5.27 Å². The van der Waals surface area contributed by atoms with Crippen LogP contribution in [0.2, 0.25) is 0 Å². The summed E-state index contributed by atoms with van der Waals surface area (Å²) in [6.45, 7) is 0. The third-order valence-electron chi connectivity index (χ3n) is 2.51. The Kier molecular flexibility index (Phi) is 4.43. The van der Waals surface area contributed by atoms with Gasteiger partial charge in [-0.1, -0.05) is 4.68 Å². The number of carbonyl (C=O) groups is 2. The number of anilines is 1. The lowest BCUT2D eigenvalue weighted by Gasteiger charge is -2.03. The van der Waals surface area contributed by atoms with Crippen molar-refractivity contribution in [3.63, 3.8) is 0 Å². The van der Waals surface area contributed by atoms with Gasteiger partial charge in [-0.05, 0) is 41.3 Å². The van der Waals surface area contributed by atoms with E-state index in [0.717, 1.165) is 11.8 Å². The molecule has 0 aliphatic carbocycles. The van der Waals surface area contributed by atoms with Crippen LogP contribution in [0.25, 0.3) is 0 Å². The van der Waals surface area contributed by atoms with Crippen LogP contribution in [0.3, 0.4) is 0 Å². The Balaban J connectivity index is 1.93. The van der Waals surface area contributed by atoms with E-state index in [1.165, 1.54) is 28.9 Å². The van der Waals surface area contributed by atoms with Gasteiger partial charge in [0.15, 0.2) is 7.05 Å². The lowest BCUT2D eigenvalue weighted by atomic mass is 10.2. The highest BCUT2D eigenvalue weighted by molar-refractivity contribution is 7.99. The second-order valence-electron chi connectivity index (χ2n) is 4.06. The fourth-order valence-electron chi connectivity index (χ4n) is 1.51. The number of carboxylic acids is 1. The van der Waals surface area contributed by atoms with Crippen molar-refractivity contribution in [1.29, 1.82) is 0 Å². The number of carbonyl (C=O) groups excluding carboxylic acids is 1. The molecule has 0 aliphatic heterocycles. The molecule has 1 amide bonds. The minimum absolute atomic E-state index is 0.0249. The van der Waals surface area contributed by atoms with Crippen LogP contribution in [0.4, 0.5) is 5.69 Å². The number of nitrogens with zero attached hydrogens (tertiary/aromatic N) is 1. The lowest BCUT2D eigenvalue weighted by Crippen LogP contribution is -2.34. The molecule has 0 atom stereocenters. The molecule has 1 aromatic carbocycles. The Morgan fingerprint density at radius 1 is 1.38 bits per heavy atom. The summed E-state index contributed by atoms with van der Waals surface area (Å²) in [6.07, 6.45) is 0. The minimum atomic E-state index is -1.03. The van der Waals surface area contributed by atoms with Crippen molar-refractivity contribution in [3.8, 4) is 0 Å². The molecular formula is C12H12N3O5S+. The summed E-state index contributed by atoms with van der Waals surface area (Å²) in [5.74, 6) is -1.32. The van der Waals surface area contributed by atoms with E-state index < -0.39 is 11.6 Å². The average molecular weight is 310 g/mol. The highest BCUT2D eigenvalue weighted by Gasteiger charge is 2.19. The topological polar surface area (TPSA) is 116 Å². The van der Waals surface area contributed by atoms with Gasteiger partial charge >= 0.3 is 16.6 Å². The summed E-state index contributed by atoms with van der Waals surface area (Å²) in [4.78, 5) is 33.7. The molecule has 0 spiro atoms. The third-order valence-corrected chi connectivity index (χ3v) is 3.63. The summed E-state index contributed by atoms with van der Waals surface area (Å²) >= 11 is 1.04. The van der Waals surface area contributed by atoms with Crippen molar-refractivity contribution < 1.29 is 23.9 Å². The van der Waals surface area contributed by atoms with Crippen molar-refractivity contribution in [2.45, 2.75) is 5.03 Å². The van der Waals surface area contributed by atoms with Gasteiger partial charge in [0, 0.05) is 5.69 Å². The zero-order chi connectivity index (χ0) is 15.4. The van der Waals surface area contributed by atoms with E-state index in [9.17, 15) is 14.4 Å². The van der Waals surface area contributed by atoms with Gasteiger partial charge in [0.1, 0.15) is 0 Å². The van der Waals surface area contributed by atoms with Crippen LogP contribution in [-0.4, -0.2) is 28.0 Å². The summed E-state index contributed by atoms with van der Waals surface area (Å²) in [6, 6.07) is 5.78. The number of aryl methyl sites for hydroxylation is 1. The number of thioether (sulfide) groups is 1. The zero-order valence-electron chi connectivity index (χ0n) is 11.0. The third kappa shape index (κ3) is 3.72. The Morgan fingerprint density at radius 2 is 2.05 bits per heavy atom. The van der Waals surface area contributed by atoms with E-state index in [1.807, 2.05) is 0 Å². The van der Waals surface area contributed by atoms with Gasteiger partial charge < -0.3 is 10.4 Å². The number of H-pyrrole nitrogens is 1. The Bertz CT molecular complexity index is 719. The summed E-state index contributed by atoms with van der Waals surface area (Å²) in [5, 5.41) is 14.0. The van der Waals surface area contributed by atoms with Gasteiger partial charge in [-0.15, -0.1) is 0 Å². The van der Waals surface area contributed by atoms with Gasteiger partial charge in [-0.3, -0.25) is 9.32 Å². The van der Waals surface area contributed by atoms with Crippen molar-refractivity contribution in [3.05, 3.63) is 40.2 Å². The van der Waals surface area contributed by atoms with E-state index in [0.29, 0.717) is 5.69 Å². The monoisotopic (exact) mass is 310 g/mol. The molecule has 9 heteroatoms. The van der Waals surface area contributed by atoms with E-state index in [2.05, 4.69) is 15.1 Å². The number of carboxylic acid groups (broad SMARTS) is 1. The number of aromatic amines is 1. The normalized spacial score (nSPS) is 10.3. The van der Waals surface area contributed by atoms with Gasteiger partial charge in [0.2, 0.25) is 5.91 Å². The number of aromatic nitrogens is 2. The van der Waals surface area contributed by atoms with E-state index in [1.54, 1.807) is 7.05 Å². The smallest absolute Gasteiger partial charge is 0.441 e. The first-order valence-corrected chi connectivity index (χ1v) is 6.79. The highest BCUT2D eigenvalue weighted by Crippen LogP contribution is 2.12. The van der Waals surface area contributed by atoms with Crippen LogP contribution in [0.5, 0.6) is 0 Å². The lowest BCUT2D eigenvalue weighted by molar-refractivity contribution is -0.772. The van der Waals surface area contributed by atoms with Crippen molar-refractivity contribution >= 4 is 29.3 Å². The Labute approximate surface area is 122 Å². The predicted molar refractivity (Wildman–Crippen MR) is 73.3 cm³/mol. The number of hydrogen-bond acceptors (Lipinski definition) is 5. The van der Waals surface area contributed by atoms with Gasteiger partial charge in [0.25, 0.3) is 0 Å². The maximum Gasteiger partial charge on any atom is 0.441 e. The fourth-order valence-corrected chi connectivity index (χ4v) is 2.25. The van der Waals surface area contributed by atoms with Crippen LogP contribution in [-0.2, 0) is 11.8 Å². The molecule has 2 aromatic rings. The van der Waals surface area contributed by atoms with E-state index in [4.69, 9.17) is 5.11 Å². The summed E-state index contributed by atoms with van der Waals surface area (Å²) in [7, 11) is 1.59. The first kappa shape index (κ1) is 14.9. The number of rotatable bonds is 5. The van der Waals surface area contributed by atoms with Crippen LogP contribution >= 0.6 is 11.8 Å². The molecule has 2 rings (SSSR count). The molecule has 3 N–H and O–H groups in total. The van der Waals surface area contributed by atoms with Crippen LogP contribution in [0.1, 0.15) is 10.4 Å². The maximum absolute atomic E-state index is 11.7. The molecule has 0 aliphatic rings. The first-order valence-electron chi connectivity index (χ1n) is 5.81. The van der Waals surface area contributed by atoms with E-state index in [-0.39, 0.29) is 22.2 Å². The Morgan fingerprint density at radius 3 is 2.57 bits per heavy atom. The second kappa shape index (κ2) is 6.27. The summed E-state index contributed by atoms with van der Waals surface area (Å²) in [5.41, 5.74) is 0.0801. The molecule has 1 aromatic heterocycles. The van der Waals surface area contributed by atoms with Crippen molar-refractivity contribution in [2.75, 3.05) is 11.1 Å². The van der Waals surface area contributed by atoms with Crippen LogP contribution in [0, 0.1) is 0 Å². The van der Waals surface area contributed by atoms with Gasteiger partial charge in [-0.2, -0.15) is 0 Å². The SMILES string of the molecule is C[n+]1[nH]oc(=O)c1SCC(=O)Nc1ccc(C(=O)O)cc1. The number of nitrogens with one attached hydrogen (secondary N) is 2. The quantitative estimate of drug-likeness (QED) is 0.537. The molecule has 21 heavy (non-hydrogen) atoms. The highest BCUT2D eigenvalue weighted by atomic mass is 32.2. The predicted octanol–water partition coefficient (Wildman–Crippen LogP) is 0.221. The number of aromatic carboxylic acids is 1. The minimum Gasteiger partial charge on any atom is -0.478 e. The van der Waals surface area contributed by atoms with Crippen LogP contribution < -0.4 is 15.6 Å². The molecular weight excluding hydrogens is 298 g/mol. The standard InChI is InChI=1S/C12H11N3O5S/c1-15-10(12(19)20-14-15)21-6-9(16)13-8-4-2-7(3-5-8)11(17)18/h2-5H,6H2,1H3,(H2-,13,14,16,17,18,19)/p+1. The zero-order valence-corrected chi connectivity index (χ0v) is 11.8. The molecule has 0 saturated carbocycles.